The molecule has 35 heavy (non-hydrogen) atoms. The molecule has 0 unspecified atom stereocenters. The van der Waals surface area contributed by atoms with E-state index in [1.54, 1.807) is 42.9 Å². The van der Waals surface area contributed by atoms with Gasteiger partial charge in [0.25, 0.3) is 5.56 Å². The molecule has 0 saturated heterocycles. The summed E-state index contributed by atoms with van der Waals surface area (Å²) in [6, 6.07) is 8.63. The Morgan fingerprint density at radius 2 is 2.06 bits per heavy atom. The molecule has 0 amide bonds. The van der Waals surface area contributed by atoms with E-state index in [9.17, 15) is 19.5 Å². The molecule has 1 N–H and O–H groups in total. The minimum atomic E-state index is -1.87. The van der Waals surface area contributed by atoms with Gasteiger partial charge < -0.3 is 28.6 Å². The van der Waals surface area contributed by atoms with Crippen LogP contribution in [0.4, 0.5) is 0 Å². The van der Waals surface area contributed by atoms with E-state index in [4.69, 9.17) is 23.9 Å². The van der Waals surface area contributed by atoms with Crippen molar-refractivity contribution in [3.05, 3.63) is 57.4 Å². The molecule has 5 rings (SSSR count). The molecule has 2 aliphatic heterocycles. The number of methoxy groups -OCH3 is 1. The summed E-state index contributed by atoms with van der Waals surface area (Å²) in [5.74, 6) is -0.932. The van der Waals surface area contributed by atoms with Gasteiger partial charge in [-0.1, -0.05) is 6.92 Å². The molecule has 2 aliphatic rings. The fourth-order valence-electron chi connectivity index (χ4n) is 4.49. The van der Waals surface area contributed by atoms with Gasteiger partial charge in [0.1, 0.15) is 19.0 Å². The molecule has 0 aliphatic carbocycles. The van der Waals surface area contributed by atoms with Gasteiger partial charge in [-0.15, -0.1) is 0 Å². The van der Waals surface area contributed by atoms with Crippen LogP contribution in [0.1, 0.15) is 30.0 Å². The van der Waals surface area contributed by atoms with Crippen LogP contribution in [0.5, 0.6) is 5.75 Å². The van der Waals surface area contributed by atoms with Crippen LogP contribution in [0.25, 0.3) is 22.3 Å². The molecule has 0 bridgehead atoms. The third kappa shape index (κ3) is 3.89. The highest BCUT2D eigenvalue weighted by atomic mass is 16.6. The van der Waals surface area contributed by atoms with E-state index in [0.29, 0.717) is 35.9 Å². The number of carbonyl (C=O) groups excluding carboxylic acids is 2. The zero-order valence-electron chi connectivity index (χ0n) is 19.3. The van der Waals surface area contributed by atoms with Gasteiger partial charge in [0.05, 0.1) is 42.2 Å². The lowest BCUT2D eigenvalue weighted by Crippen LogP contribution is -2.44. The van der Waals surface area contributed by atoms with E-state index in [1.807, 2.05) is 6.07 Å². The summed E-state index contributed by atoms with van der Waals surface area (Å²) in [6.07, 6.45) is 0.0820. The zero-order chi connectivity index (χ0) is 24.7. The lowest BCUT2D eigenvalue weighted by molar-refractivity contribution is -0.172. The SMILES string of the molecule is CC[C@@]1(O)C(=O)OCc2c1cc1n(c2=O)Cc2cc3cc(OC(=O)COCCOC)ccc3nc2-1. The smallest absolute Gasteiger partial charge is 0.343 e. The van der Waals surface area contributed by atoms with Crippen molar-refractivity contribution in [2.24, 2.45) is 0 Å². The third-order valence-electron chi connectivity index (χ3n) is 6.36. The molecule has 3 aromatic rings. The summed E-state index contributed by atoms with van der Waals surface area (Å²) in [6.45, 7) is 2.26. The lowest BCUT2D eigenvalue weighted by Gasteiger charge is -2.31. The molecule has 0 spiro atoms. The predicted molar refractivity (Wildman–Crippen MR) is 123 cm³/mol. The molecule has 10 nitrogen and oxygen atoms in total. The number of hydrogen-bond donors (Lipinski definition) is 1. The van der Waals surface area contributed by atoms with Crippen LogP contribution in [0.2, 0.25) is 0 Å². The summed E-state index contributed by atoms with van der Waals surface area (Å²) in [5, 5.41) is 11.7. The van der Waals surface area contributed by atoms with Crippen molar-refractivity contribution in [3.8, 4) is 17.1 Å². The average molecular weight is 480 g/mol. The number of ether oxygens (including phenoxy) is 4. The molecule has 1 atom stereocenters. The summed E-state index contributed by atoms with van der Waals surface area (Å²) in [4.78, 5) is 42.3. The molecule has 2 aromatic heterocycles. The number of hydrogen-bond acceptors (Lipinski definition) is 9. The van der Waals surface area contributed by atoms with Crippen LogP contribution in [0, 0.1) is 0 Å². The Bertz CT molecular complexity index is 1410. The molecule has 0 saturated carbocycles. The zero-order valence-corrected chi connectivity index (χ0v) is 19.3. The first-order valence-electron chi connectivity index (χ1n) is 11.2. The number of aromatic nitrogens is 2. The minimum Gasteiger partial charge on any atom is -0.458 e. The Hall–Kier alpha value is -3.60. The molecule has 0 fully saturated rings. The number of carbonyl (C=O) groups is 2. The Balaban J connectivity index is 1.48. The van der Waals surface area contributed by atoms with Crippen molar-refractivity contribution < 1.29 is 33.6 Å². The second kappa shape index (κ2) is 8.88. The Kier molecular flexibility index (Phi) is 5.87. The summed E-state index contributed by atoms with van der Waals surface area (Å²) in [7, 11) is 1.55. The van der Waals surface area contributed by atoms with Crippen molar-refractivity contribution in [2.45, 2.75) is 32.1 Å². The first-order valence-corrected chi connectivity index (χ1v) is 11.2. The second-order valence-corrected chi connectivity index (χ2v) is 8.47. The number of benzene rings is 1. The Morgan fingerprint density at radius 1 is 1.23 bits per heavy atom. The van der Waals surface area contributed by atoms with Crippen LogP contribution >= 0.6 is 0 Å². The van der Waals surface area contributed by atoms with E-state index in [0.717, 1.165) is 10.9 Å². The van der Waals surface area contributed by atoms with Gasteiger partial charge in [-0.25, -0.2) is 14.6 Å². The summed E-state index contributed by atoms with van der Waals surface area (Å²) >= 11 is 0. The molecule has 1 aromatic carbocycles. The first kappa shape index (κ1) is 23.2. The van der Waals surface area contributed by atoms with Gasteiger partial charge in [-0.3, -0.25) is 4.79 Å². The molecular weight excluding hydrogens is 456 g/mol. The topological polar surface area (TPSA) is 126 Å². The van der Waals surface area contributed by atoms with Crippen LogP contribution in [0.3, 0.4) is 0 Å². The van der Waals surface area contributed by atoms with Crippen LogP contribution < -0.4 is 10.3 Å². The molecular formula is C25H24N2O8. The van der Waals surface area contributed by atoms with E-state index in [1.165, 1.54) is 0 Å². The molecule has 4 heterocycles. The number of pyridine rings is 2. The number of esters is 2. The largest absolute Gasteiger partial charge is 0.458 e. The summed E-state index contributed by atoms with van der Waals surface area (Å²) in [5.41, 5.74) is 0.950. The van der Waals surface area contributed by atoms with E-state index in [2.05, 4.69) is 0 Å². The third-order valence-corrected chi connectivity index (χ3v) is 6.36. The molecule has 0 radical (unpaired) electrons. The minimum absolute atomic E-state index is 0.0820. The average Bonchev–Trinajstić information content (AvgIpc) is 3.21. The van der Waals surface area contributed by atoms with E-state index >= 15 is 0 Å². The number of aliphatic hydroxyl groups is 1. The number of cyclic esters (lactones) is 1. The van der Waals surface area contributed by atoms with Crippen molar-refractivity contribution in [1.29, 1.82) is 0 Å². The molecule has 182 valence electrons. The quantitative estimate of drug-likeness (QED) is 0.239. The highest BCUT2D eigenvalue weighted by molar-refractivity contribution is 5.87. The van der Waals surface area contributed by atoms with E-state index < -0.39 is 17.5 Å². The van der Waals surface area contributed by atoms with Gasteiger partial charge >= 0.3 is 11.9 Å². The fraction of sp³-hybridized carbons (Fsp3) is 0.360. The maximum atomic E-state index is 13.2. The Labute approximate surface area is 200 Å². The van der Waals surface area contributed by atoms with Crippen molar-refractivity contribution in [2.75, 3.05) is 26.9 Å². The van der Waals surface area contributed by atoms with Gasteiger partial charge in [0, 0.05) is 23.6 Å². The standard InChI is InChI=1S/C25H24N2O8/c1-3-25(31)18-10-20-22-15(11-27(20)23(29)17(18)12-34-24(25)30)8-14-9-16(4-5-19(14)26-22)35-21(28)13-33-7-6-32-2/h4-5,8-10,31H,3,6-7,11-13H2,1-2H3/t25-/m0/s1. The van der Waals surface area contributed by atoms with Crippen LogP contribution in [-0.4, -0.2) is 53.5 Å². The van der Waals surface area contributed by atoms with Crippen LogP contribution in [0.15, 0.2) is 35.1 Å². The fourth-order valence-corrected chi connectivity index (χ4v) is 4.49. The second-order valence-electron chi connectivity index (χ2n) is 8.47. The van der Waals surface area contributed by atoms with E-state index in [-0.39, 0.29) is 42.9 Å². The van der Waals surface area contributed by atoms with Gasteiger partial charge in [0.2, 0.25) is 0 Å². The maximum absolute atomic E-state index is 13.2. The highest BCUT2D eigenvalue weighted by Gasteiger charge is 2.45. The summed E-state index contributed by atoms with van der Waals surface area (Å²) < 4.78 is 22.1. The normalized spacial score (nSPS) is 18.1. The van der Waals surface area contributed by atoms with Crippen molar-refractivity contribution in [3.63, 3.8) is 0 Å². The number of fused-ring (bicyclic) bond motifs is 5. The first-order chi connectivity index (χ1) is 16.9. The molecule has 10 heteroatoms. The Morgan fingerprint density at radius 3 is 2.83 bits per heavy atom. The number of rotatable bonds is 7. The lowest BCUT2D eigenvalue weighted by atomic mass is 9.86. The predicted octanol–water partition coefficient (Wildman–Crippen LogP) is 1.65. The van der Waals surface area contributed by atoms with Gasteiger partial charge in [-0.2, -0.15) is 0 Å². The van der Waals surface area contributed by atoms with Crippen LogP contribution in [-0.2, 0) is 42.6 Å². The highest BCUT2D eigenvalue weighted by Crippen LogP contribution is 2.38. The van der Waals surface area contributed by atoms with Crippen molar-refractivity contribution in [1.82, 2.24) is 9.55 Å². The number of nitrogens with zero attached hydrogens (tertiary/aromatic N) is 2. The van der Waals surface area contributed by atoms with Gasteiger partial charge in [0.15, 0.2) is 5.60 Å². The van der Waals surface area contributed by atoms with Crippen molar-refractivity contribution >= 4 is 22.8 Å². The maximum Gasteiger partial charge on any atom is 0.343 e. The monoisotopic (exact) mass is 480 g/mol. The van der Waals surface area contributed by atoms with Gasteiger partial charge in [-0.05, 0) is 36.8 Å².